The molecule has 1 saturated heterocycles. The van der Waals surface area contributed by atoms with Crippen molar-refractivity contribution in [3.05, 3.63) is 24.3 Å². The Morgan fingerprint density at radius 3 is 2.71 bits per heavy atom. The highest BCUT2D eigenvalue weighted by molar-refractivity contribution is 5.81. The molecule has 5 nitrogen and oxygen atoms in total. The third-order valence-electron chi connectivity index (χ3n) is 4.96. The molecular formula is C19H28N2O3. The van der Waals surface area contributed by atoms with E-state index in [9.17, 15) is 4.79 Å². The van der Waals surface area contributed by atoms with Gasteiger partial charge in [-0.2, -0.15) is 0 Å². The highest BCUT2D eigenvalue weighted by Gasteiger charge is 2.22. The second-order valence-corrected chi connectivity index (χ2v) is 6.92. The van der Waals surface area contributed by atoms with Crippen molar-refractivity contribution < 1.29 is 14.3 Å². The smallest absolute Gasteiger partial charge is 0.239 e. The van der Waals surface area contributed by atoms with Crippen LogP contribution in [0.5, 0.6) is 5.75 Å². The van der Waals surface area contributed by atoms with Crippen LogP contribution < -0.4 is 15.4 Å². The van der Waals surface area contributed by atoms with Crippen LogP contribution in [-0.2, 0) is 9.53 Å². The van der Waals surface area contributed by atoms with E-state index in [1.54, 1.807) is 0 Å². The Bertz CT molecular complexity index is 526. The molecule has 1 heterocycles. The van der Waals surface area contributed by atoms with Crippen LogP contribution in [0.15, 0.2) is 24.3 Å². The molecule has 3 atom stereocenters. The number of amides is 1. The number of carbonyl (C=O) groups excluding carboxylic acids is 1. The minimum Gasteiger partial charge on any atom is -0.488 e. The number of hydrogen-bond donors (Lipinski definition) is 2. The quantitative estimate of drug-likeness (QED) is 0.841. The monoisotopic (exact) mass is 332 g/mol. The van der Waals surface area contributed by atoms with Crippen molar-refractivity contribution in [2.75, 3.05) is 25.1 Å². The van der Waals surface area contributed by atoms with Crippen LogP contribution >= 0.6 is 0 Å². The van der Waals surface area contributed by atoms with Crippen molar-refractivity contribution in [1.82, 2.24) is 5.32 Å². The van der Waals surface area contributed by atoms with Crippen LogP contribution in [0.4, 0.5) is 5.69 Å². The van der Waals surface area contributed by atoms with E-state index >= 15 is 0 Å². The SMILES string of the molecule is C[C@@H]1CCCC[C@H]1NC(=O)CNc1ccc(O[C@H]2CCOC2)cc1. The Balaban J connectivity index is 1.41. The van der Waals surface area contributed by atoms with E-state index in [4.69, 9.17) is 9.47 Å². The molecule has 0 spiro atoms. The molecule has 0 aromatic heterocycles. The molecule has 1 saturated carbocycles. The second-order valence-electron chi connectivity index (χ2n) is 6.92. The molecular weight excluding hydrogens is 304 g/mol. The second kappa shape index (κ2) is 8.38. The Labute approximate surface area is 144 Å². The minimum absolute atomic E-state index is 0.0668. The van der Waals surface area contributed by atoms with Gasteiger partial charge in [0.25, 0.3) is 0 Å². The normalized spacial score (nSPS) is 26.8. The first-order valence-electron chi connectivity index (χ1n) is 9.08. The van der Waals surface area contributed by atoms with Crippen LogP contribution in [0.1, 0.15) is 39.0 Å². The van der Waals surface area contributed by atoms with E-state index in [0.717, 1.165) is 30.9 Å². The lowest BCUT2D eigenvalue weighted by Gasteiger charge is -2.29. The topological polar surface area (TPSA) is 59.6 Å². The van der Waals surface area contributed by atoms with Crippen molar-refractivity contribution in [3.63, 3.8) is 0 Å². The predicted octanol–water partition coefficient (Wildman–Crippen LogP) is 2.96. The molecule has 1 aliphatic carbocycles. The van der Waals surface area contributed by atoms with Crippen molar-refractivity contribution >= 4 is 11.6 Å². The summed E-state index contributed by atoms with van der Waals surface area (Å²) < 4.78 is 11.1. The van der Waals surface area contributed by atoms with Crippen molar-refractivity contribution in [2.45, 2.75) is 51.2 Å². The van der Waals surface area contributed by atoms with Gasteiger partial charge >= 0.3 is 0 Å². The molecule has 24 heavy (non-hydrogen) atoms. The van der Waals surface area contributed by atoms with Gasteiger partial charge in [-0.05, 0) is 43.0 Å². The minimum atomic E-state index is 0.0668. The summed E-state index contributed by atoms with van der Waals surface area (Å²) in [5.74, 6) is 1.49. The molecule has 0 bridgehead atoms. The Hall–Kier alpha value is -1.75. The largest absolute Gasteiger partial charge is 0.488 e. The molecule has 1 amide bonds. The molecule has 0 radical (unpaired) electrons. The molecule has 1 aliphatic heterocycles. The van der Waals surface area contributed by atoms with Gasteiger partial charge in [-0.3, -0.25) is 4.79 Å². The van der Waals surface area contributed by atoms with Crippen LogP contribution in [0, 0.1) is 5.92 Å². The number of rotatable bonds is 6. The highest BCUT2D eigenvalue weighted by atomic mass is 16.5. The van der Waals surface area contributed by atoms with Crippen LogP contribution in [0.25, 0.3) is 0 Å². The van der Waals surface area contributed by atoms with Gasteiger partial charge in [0.1, 0.15) is 11.9 Å². The first kappa shape index (κ1) is 17.1. The van der Waals surface area contributed by atoms with Crippen molar-refractivity contribution in [3.8, 4) is 5.75 Å². The van der Waals surface area contributed by atoms with Crippen LogP contribution in [0.2, 0.25) is 0 Å². The lowest BCUT2D eigenvalue weighted by molar-refractivity contribution is -0.120. The molecule has 132 valence electrons. The van der Waals surface area contributed by atoms with Gasteiger partial charge in [-0.1, -0.05) is 19.8 Å². The number of anilines is 1. The highest BCUT2D eigenvalue weighted by Crippen LogP contribution is 2.23. The number of carbonyl (C=O) groups is 1. The molecule has 2 fully saturated rings. The molecule has 0 unspecified atom stereocenters. The standard InChI is InChI=1S/C19H28N2O3/c1-14-4-2-3-5-18(14)21-19(22)12-20-15-6-8-16(9-7-15)24-17-10-11-23-13-17/h6-9,14,17-18,20H,2-5,10-13H2,1H3,(H,21,22)/t14-,17+,18-/m1/s1. The summed E-state index contributed by atoms with van der Waals surface area (Å²) in [5.41, 5.74) is 0.928. The summed E-state index contributed by atoms with van der Waals surface area (Å²) in [6, 6.07) is 8.09. The zero-order chi connectivity index (χ0) is 16.8. The molecule has 2 N–H and O–H groups in total. The average molecular weight is 332 g/mol. The number of hydrogen-bond acceptors (Lipinski definition) is 4. The third-order valence-corrected chi connectivity index (χ3v) is 4.96. The molecule has 1 aromatic rings. The maximum absolute atomic E-state index is 12.1. The lowest BCUT2D eigenvalue weighted by atomic mass is 9.86. The van der Waals surface area contributed by atoms with Gasteiger partial charge in [-0.25, -0.2) is 0 Å². The van der Waals surface area contributed by atoms with Gasteiger partial charge in [0.05, 0.1) is 19.8 Å². The van der Waals surface area contributed by atoms with Crippen molar-refractivity contribution in [2.24, 2.45) is 5.92 Å². The van der Waals surface area contributed by atoms with E-state index in [2.05, 4.69) is 17.6 Å². The van der Waals surface area contributed by atoms with Gasteiger partial charge in [0.15, 0.2) is 0 Å². The maximum atomic E-state index is 12.1. The van der Waals surface area contributed by atoms with Gasteiger partial charge < -0.3 is 20.1 Å². The zero-order valence-corrected chi connectivity index (χ0v) is 14.4. The zero-order valence-electron chi connectivity index (χ0n) is 14.4. The molecule has 3 rings (SSSR count). The summed E-state index contributed by atoms with van der Waals surface area (Å²) in [4.78, 5) is 12.1. The number of ether oxygens (including phenoxy) is 2. The van der Waals surface area contributed by atoms with Crippen LogP contribution in [0.3, 0.4) is 0 Å². The maximum Gasteiger partial charge on any atom is 0.239 e. The Morgan fingerprint density at radius 1 is 1.21 bits per heavy atom. The third kappa shape index (κ3) is 4.87. The summed E-state index contributed by atoms with van der Waals surface area (Å²) in [7, 11) is 0. The number of nitrogens with one attached hydrogen (secondary N) is 2. The summed E-state index contributed by atoms with van der Waals surface area (Å²) in [6.45, 7) is 3.98. The fraction of sp³-hybridized carbons (Fsp3) is 0.632. The van der Waals surface area contributed by atoms with Gasteiger partial charge in [-0.15, -0.1) is 0 Å². The summed E-state index contributed by atoms with van der Waals surface area (Å²) in [6.07, 6.45) is 5.92. The predicted molar refractivity (Wildman–Crippen MR) is 94.3 cm³/mol. The van der Waals surface area contributed by atoms with E-state index in [0.29, 0.717) is 25.1 Å². The molecule has 5 heteroatoms. The van der Waals surface area contributed by atoms with Crippen molar-refractivity contribution in [1.29, 1.82) is 0 Å². The summed E-state index contributed by atoms with van der Waals surface area (Å²) in [5, 5.41) is 6.34. The lowest BCUT2D eigenvalue weighted by Crippen LogP contribution is -2.43. The van der Waals surface area contributed by atoms with Crippen LogP contribution in [-0.4, -0.2) is 37.8 Å². The fourth-order valence-corrected chi connectivity index (χ4v) is 3.42. The molecule has 2 aliphatic rings. The van der Waals surface area contributed by atoms with E-state index < -0.39 is 0 Å². The first-order valence-corrected chi connectivity index (χ1v) is 9.08. The van der Waals surface area contributed by atoms with E-state index in [1.807, 2.05) is 24.3 Å². The van der Waals surface area contributed by atoms with E-state index in [-0.39, 0.29) is 12.0 Å². The van der Waals surface area contributed by atoms with Gasteiger partial charge in [0.2, 0.25) is 5.91 Å². The number of benzene rings is 1. The molecule has 1 aromatic carbocycles. The van der Waals surface area contributed by atoms with Gasteiger partial charge in [0, 0.05) is 18.2 Å². The average Bonchev–Trinajstić information content (AvgIpc) is 3.09. The fourth-order valence-electron chi connectivity index (χ4n) is 3.42. The Morgan fingerprint density at radius 2 is 2.00 bits per heavy atom. The summed E-state index contributed by atoms with van der Waals surface area (Å²) >= 11 is 0. The Kier molecular flexibility index (Phi) is 5.96. The van der Waals surface area contributed by atoms with E-state index in [1.165, 1.54) is 19.3 Å². The first-order chi connectivity index (χ1) is 11.7.